The number of rotatable bonds is 4. The molecule has 1 aromatic carbocycles. The zero-order valence-electron chi connectivity index (χ0n) is 15.3. The van der Waals surface area contributed by atoms with E-state index >= 15 is 0 Å². The third-order valence-electron chi connectivity index (χ3n) is 5.18. The van der Waals surface area contributed by atoms with Gasteiger partial charge in [-0.3, -0.25) is 4.98 Å². The summed E-state index contributed by atoms with van der Waals surface area (Å²) in [6.07, 6.45) is 10.4. The van der Waals surface area contributed by atoms with Crippen LogP contribution in [0.2, 0.25) is 0 Å². The van der Waals surface area contributed by atoms with E-state index in [9.17, 15) is 0 Å². The van der Waals surface area contributed by atoms with Crippen LogP contribution in [0.4, 0.5) is 5.69 Å². The standard InChI is InChI=1S/C22H25N3S/c1-17-9-11-19(12-10-17)21-16-26-22(24-20-8-5-13-23-14-20)25(21)15-18-6-3-2-4-7-18/h5,8-14,16,18H,2-4,6-7,15H2,1H3. The Morgan fingerprint density at radius 1 is 1.12 bits per heavy atom. The van der Waals surface area contributed by atoms with Crippen molar-refractivity contribution in [1.82, 2.24) is 9.55 Å². The molecule has 0 unspecified atom stereocenters. The Bertz CT molecular complexity index is 901. The van der Waals surface area contributed by atoms with Gasteiger partial charge in [-0.15, -0.1) is 11.3 Å². The fraction of sp³-hybridized carbons (Fsp3) is 0.364. The molecule has 0 bridgehead atoms. The minimum absolute atomic E-state index is 0.760. The molecule has 1 aliphatic carbocycles. The molecule has 0 radical (unpaired) electrons. The molecule has 2 aromatic heterocycles. The van der Waals surface area contributed by atoms with Crippen LogP contribution in [0, 0.1) is 12.8 Å². The van der Waals surface area contributed by atoms with E-state index in [1.807, 2.05) is 18.3 Å². The highest BCUT2D eigenvalue weighted by Gasteiger charge is 2.17. The molecule has 0 saturated heterocycles. The van der Waals surface area contributed by atoms with E-state index in [-0.39, 0.29) is 0 Å². The Morgan fingerprint density at radius 3 is 2.65 bits per heavy atom. The summed E-state index contributed by atoms with van der Waals surface area (Å²) in [4.78, 5) is 10.2. The Balaban J connectivity index is 1.76. The highest BCUT2D eigenvalue weighted by molar-refractivity contribution is 7.07. The number of pyridine rings is 1. The van der Waals surface area contributed by atoms with Gasteiger partial charge in [-0.1, -0.05) is 49.1 Å². The van der Waals surface area contributed by atoms with E-state index in [4.69, 9.17) is 4.99 Å². The van der Waals surface area contributed by atoms with Gasteiger partial charge in [0.2, 0.25) is 0 Å². The zero-order valence-corrected chi connectivity index (χ0v) is 16.1. The van der Waals surface area contributed by atoms with Crippen LogP contribution in [0.5, 0.6) is 0 Å². The SMILES string of the molecule is Cc1ccc(-c2csc(=Nc3cccnc3)n2CC2CCCCC2)cc1. The van der Waals surface area contributed by atoms with Gasteiger partial charge < -0.3 is 4.57 Å². The largest absolute Gasteiger partial charge is 0.316 e. The second kappa shape index (κ2) is 8.00. The molecule has 0 amide bonds. The van der Waals surface area contributed by atoms with Crippen LogP contribution >= 0.6 is 11.3 Å². The molecule has 134 valence electrons. The van der Waals surface area contributed by atoms with E-state index in [1.165, 1.54) is 48.9 Å². The van der Waals surface area contributed by atoms with Crippen molar-refractivity contribution in [1.29, 1.82) is 0 Å². The molecule has 4 heteroatoms. The highest BCUT2D eigenvalue weighted by Crippen LogP contribution is 2.28. The summed E-state index contributed by atoms with van der Waals surface area (Å²) < 4.78 is 2.43. The maximum absolute atomic E-state index is 4.89. The van der Waals surface area contributed by atoms with Crippen molar-refractivity contribution in [3.8, 4) is 11.3 Å². The van der Waals surface area contributed by atoms with Crippen molar-refractivity contribution in [3.63, 3.8) is 0 Å². The van der Waals surface area contributed by atoms with E-state index in [0.717, 1.165) is 23.0 Å². The first kappa shape index (κ1) is 17.2. The molecule has 1 saturated carbocycles. The average Bonchev–Trinajstić information content (AvgIpc) is 3.06. The summed E-state index contributed by atoms with van der Waals surface area (Å²) in [5, 5.41) is 2.25. The van der Waals surface area contributed by atoms with Gasteiger partial charge in [-0.2, -0.15) is 0 Å². The van der Waals surface area contributed by atoms with Crippen molar-refractivity contribution in [3.05, 3.63) is 64.5 Å². The van der Waals surface area contributed by atoms with Crippen molar-refractivity contribution in [2.45, 2.75) is 45.6 Å². The monoisotopic (exact) mass is 363 g/mol. The third kappa shape index (κ3) is 3.96. The van der Waals surface area contributed by atoms with Gasteiger partial charge in [-0.25, -0.2) is 4.99 Å². The number of hydrogen-bond acceptors (Lipinski definition) is 3. The maximum atomic E-state index is 4.89. The second-order valence-corrected chi connectivity index (χ2v) is 8.04. The van der Waals surface area contributed by atoms with Gasteiger partial charge in [0.1, 0.15) is 0 Å². The summed E-state index contributed by atoms with van der Waals surface area (Å²) in [5.74, 6) is 0.760. The number of benzene rings is 1. The smallest absolute Gasteiger partial charge is 0.190 e. The lowest BCUT2D eigenvalue weighted by Crippen LogP contribution is -2.22. The van der Waals surface area contributed by atoms with Gasteiger partial charge in [-0.05, 0) is 43.4 Å². The highest BCUT2D eigenvalue weighted by atomic mass is 32.1. The van der Waals surface area contributed by atoms with Crippen molar-refractivity contribution in [2.75, 3.05) is 0 Å². The molecule has 3 aromatic rings. The Kier molecular flexibility index (Phi) is 5.30. The predicted octanol–water partition coefficient (Wildman–Crippen LogP) is 5.73. The van der Waals surface area contributed by atoms with Crippen molar-refractivity contribution < 1.29 is 0 Å². The van der Waals surface area contributed by atoms with Gasteiger partial charge in [0.05, 0.1) is 17.6 Å². The molecular formula is C22H25N3S. The van der Waals surface area contributed by atoms with Crippen LogP contribution in [-0.2, 0) is 6.54 Å². The van der Waals surface area contributed by atoms with Gasteiger partial charge in [0.15, 0.2) is 4.80 Å². The Morgan fingerprint density at radius 2 is 1.92 bits per heavy atom. The summed E-state index contributed by atoms with van der Waals surface area (Å²) in [5.41, 5.74) is 4.77. The topological polar surface area (TPSA) is 30.2 Å². The number of nitrogens with zero attached hydrogens (tertiary/aromatic N) is 3. The number of thiazole rings is 1. The number of aryl methyl sites for hydroxylation is 1. The third-order valence-corrected chi connectivity index (χ3v) is 6.04. The average molecular weight is 364 g/mol. The van der Waals surface area contributed by atoms with Crippen LogP contribution < -0.4 is 4.80 Å². The second-order valence-electron chi connectivity index (χ2n) is 7.21. The van der Waals surface area contributed by atoms with Crippen LogP contribution in [0.3, 0.4) is 0 Å². The first-order valence-electron chi connectivity index (χ1n) is 9.50. The summed E-state index contributed by atoms with van der Waals surface area (Å²) in [6.45, 7) is 3.20. The van der Waals surface area contributed by atoms with Gasteiger partial charge >= 0.3 is 0 Å². The van der Waals surface area contributed by atoms with E-state index < -0.39 is 0 Å². The molecule has 0 aliphatic heterocycles. The lowest BCUT2D eigenvalue weighted by Gasteiger charge is -2.23. The van der Waals surface area contributed by atoms with Crippen LogP contribution in [0.1, 0.15) is 37.7 Å². The van der Waals surface area contributed by atoms with Crippen LogP contribution in [-0.4, -0.2) is 9.55 Å². The van der Waals surface area contributed by atoms with Gasteiger partial charge in [0.25, 0.3) is 0 Å². The van der Waals surface area contributed by atoms with Crippen molar-refractivity contribution >= 4 is 17.0 Å². The minimum Gasteiger partial charge on any atom is -0.316 e. The molecule has 4 rings (SSSR count). The predicted molar refractivity (Wildman–Crippen MR) is 109 cm³/mol. The lowest BCUT2D eigenvalue weighted by atomic mass is 9.89. The normalized spacial score (nSPS) is 16.1. The minimum atomic E-state index is 0.760. The molecular weight excluding hydrogens is 338 g/mol. The summed E-state index contributed by atoms with van der Waals surface area (Å²) in [7, 11) is 0. The Labute approximate surface area is 159 Å². The molecule has 3 nitrogen and oxygen atoms in total. The lowest BCUT2D eigenvalue weighted by molar-refractivity contribution is 0.318. The summed E-state index contributed by atoms with van der Waals surface area (Å²) in [6, 6.07) is 12.8. The molecule has 0 N–H and O–H groups in total. The van der Waals surface area contributed by atoms with Crippen LogP contribution in [0.25, 0.3) is 11.3 Å². The molecule has 2 heterocycles. The quantitative estimate of drug-likeness (QED) is 0.582. The van der Waals surface area contributed by atoms with Gasteiger partial charge in [0, 0.05) is 18.1 Å². The Hall–Kier alpha value is -2.20. The summed E-state index contributed by atoms with van der Waals surface area (Å²) >= 11 is 1.73. The number of aromatic nitrogens is 2. The molecule has 26 heavy (non-hydrogen) atoms. The van der Waals surface area contributed by atoms with Crippen molar-refractivity contribution in [2.24, 2.45) is 10.9 Å². The first-order valence-corrected chi connectivity index (χ1v) is 10.4. The first-order chi connectivity index (χ1) is 12.8. The van der Waals surface area contributed by atoms with E-state index in [2.05, 4.69) is 46.1 Å². The van der Waals surface area contributed by atoms with E-state index in [0.29, 0.717) is 0 Å². The fourth-order valence-corrected chi connectivity index (χ4v) is 4.65. The molecule has 1 fully saturated rings. The van der Waals surface area contributed by atoms with Crippen LogP contribution in [0.15, 0.2) is 59.2 Å². The zero-order chi connectivity index (χ0) is 17.8. The maximum Gasteiger partial charge on any atom is 0.190 e. The molecule has 1 aliphatic rings. The fourth-order valence-electron chi connectivity index (χ4n) is 3.71. The molecule has 0 spiro atoms. The molecule has 0 atom stereocenters. The number of hydrogen-bond donors (Lipinski definition) is 0. The van der Waals surface area contributed by atoms with E-state index in [1.54, 1.807) is 17.5 Å².